The summed E-state index contributed by atoms with van der Waals surface area (Å²) in [5.74, 6) is -2.17. The van der Waals surface area contributed by atoms with E-state index in [9.17, 15) is 14.7 Å². The van der Waals surface area contributed by atoms with E-state index in [0.717, 1.165) is 0 Å². The molecule has 0 aliphatic carbocycles. The Kier molecular flexibility index (Phi) is 3.10. The summed E-state index contributed by atoms with van der Waals surface area (Å²) in [5, 5.41) is 18.6. The lowest BCUT2D eigenvalue weighted by atomic mass is 9.98. The number of hydrogen-bond donors (Lipinski definition) is 2. The molecule has 2 rings (SSSR count). The summed E-state index contributed by atoms with van der Waals surface area (Å²) in [4.78, 5) is 23.2. The van der Waals surface area contributed by atoms with E-state index in [2.05, 4.69) is 0 Å². The van der Waals surface area contributed by atoms with Gasteiger partial charge in [-0.3, -0.25) is 4.79 Å². The topological polar surface area (TPSA) is 74.6 Å². The van der Waals surface area contributed by atoms with Crippen molar-refractivity contribution in [3.8, 4) is 5.75 Å². The van der Waals surface area contributed by atoms with Gasteiger partial charge < -0.3 is 10.2 Å². The molecule has 0 radical (unpaired) electrons. The standard InChI is InChI=1S/C14H10O4/c15-11-8-4-7-10(12(11)14(17)18)13(16)9-5-2-1-3-6-9/h1-8,15H,(H,17,18). The van der Waals surface area contributed by atoms with E-state index >= 15 is 0 Å². The van der Waals surface area contributed by atoms with Crippen LogP contribution in [0.3, 0.4) is 0 Å². The molecule has 2 aromatic carbocycles. The molecule has 0 unspecified atom stereocenters. The summed E-state index contributed by atoms with van der Waals surface area (Å²) in [6.07, 6.45) is 0. The second kappa shape index (κ2) is 4.71. The van der Waals surface area contributed by atoms with E-state index in [4.69, 9.17) is 5.11 Å². The van der Waals surface area contributed by atoms with Gasteiger partial charge in [0.05, 0.1) is 0 Å². The van der Waals surface area contributed by atoms with Gasteiger partial charge in [0, 0.05) is 11.1 Å². The van der Waals surface area contributed by atoms with E-state index < -0.39 is 17.5 Å². The number of carbonyl (C=O) groups excluding carboxylic acids is 1. The first-order valence-electron chi connectivity index (χ1n) is 5.26. The Labute approximate surface area is 103 Å². The minimum atomic E-state index is -1.33. The molecule has 0 saturated carbocycles. The highest BCUT2D eigenvalue weighted by molar-refractivity contribution is 6.15. The lowest BCUT2D eigenvalue weighted by Crippen LogP contribution is -2.09. The van der Waals surface area contributed by atoms with Crippen LogP contribution in [0.4, 0.5) is 0 Å². The highest BCUT2D eigenvalue weighted by Gasteiger charge is 2.20. The first-order chi connectivity index (χ1) is 8.61. The van der Waals surface area contributed by atoms with E-state index in [1.807, 2.05) is 0 Å². The van der Waals surface area contributed by atoms with Gasteiger partial charge in [-0.1, -0.05) is 36.4 Å². The zero-order valence-electron chi connectivity index (χ0n) is 9.33. The number of rotatable bonds is 3. The van der Waals surface area contributed by atoms with Crippen molar-refractivity contribution in [1.29, 1.82) is 0 Å². The number of carboxylic acid groups (broad SMARTS) is 1. The largest absolute Gasteiger partial charge is 0.507 e. The van der Waals surface area contributed by atoms with Crippen molar-refractivity contribution in [2.45, 2.75) is 0 Å². The summed E-state index contributed by atoms with van der Waals surface area (Å²) < 4.78 is 0. The van der Waals surface area contributed by atoms with Crippen molar-refractivity contribution in [2.24, 2.45) is 0 Å². The molecule has 4 nitrogen and oxygen atoms in total. The number of phenols is 1. The van der Waals surface area contributed by atoms with Gasteiger partial charge in [-0.05, 0) is 12.1 Å². The SMILES string of the molecule is O=C(c1ccccc1)c1cccc(O)c1C(=O)O. The number of aromatic hydroxyl groups is 1. The van der Waals surface area contributed by atoms with Crippen molar-refractivity contribution >= 4 is 11.8 Å². The van der Waals surface area contributed by atoms with Crippen LogP contribution in [0.5, 0.6) is 5.75 Å². The van der Waals surface area contributed by atoms with Crippen molar-refractivity contribution in [3.05, 3.63) is 65.2 Å². The van der Waals surface area contributed by atoms with Crippen LogP contribution >= 0.6 is 0 Å². The van der Waals surface area contributed by atoms with Crippen LogP contribution < -0.4 is 0 Å². The van der Waals surface area contributed by atoms with Gasteiger partial charge in [0.25, 0.3) is 0 Å². The smallest absolute Gasteiger partial charge is 0.340 e. The molecule has 0 amide bonds. The van der Waals surface area contributed by atoms with Gasteiger partial charge in [-0.25, -0.2) is 4.79 Å². The fourth-order valence-corrected chi connectivity index (χ4v) is 1.70. The Balaban J connectivity index is 2.56. The first-order valence-corrected chi connectivity index (χ1v) is 5.26. The molecule has 18 heavy (non-hydrogen) atoms. The molecule has 0 saturated heterocycles. The molecule has 90 valence electrons. The van der Waals surface area contributed by atoms with Gasteiger partial charge in [0.1, 0.15) is 11.3 Å². The summed E-state index contributed by atoms with van der Waals surface area (Å²) in [6.45, 7) is 0. The fraction of sp³-hybridized carbons (Fsp3) is 0. The quantitative estimate of drug-likeness (QED) is 0.810. The number of ketones is 1. The third kappa shape index (κ3) is 2.08. The van der Waals surface area contributed by atoms with E-state index in [1.165, 1.54) is 18.2 Å². The van der Waals surface area contributed by atoms with Gasteiger partial charge in [-0.15, -0.1) is 0 Å². The van der Waals surface area contributed by atoms with Gasteiger partial charge in [-0.2, -0.15) is 0 Å². The summed E-state index contributed by atoms with van der Waals surface area (Å²) >= 11 is 0. The summed E-state index contributed by atoms with van der Waals surface area (Å²) in [7, 11) is 0. The Morgan fingerprint density at radius 3 is 2.17 bits per heavy atom. The van der Waals surface area contributed by atoms with Crippen LogP contribution in [-0.2, 0) is 0 Å². The van der Waals surface area contributed by atoms with Crippen LogP contribution in [0.1, 0.15) is 26.3 Å². The number of hydrogen-bond acceptors (Lipinski definition) is 3. The molecule has 0 fully saturated rings. The van der Waals surface area contributed by atoms with Crippen LogP contribution in [0.15, 0.2) is 48.5 Å². The van der Waals surface area contributed by atoms with Crippen LogP contribution in [-0.4, -0.2) is 22.0 Å². The minimum absolute atomic E-state index is 0.0197. The Bertz CT molecular complexity index is 602. The zero-order chi connectivity index (χ0) is 13.1. The second-order valence-electron chi connectivity index (χ2n) is 3.70. The molecule has 2 N–H and O–H groups in total. The normalized spacial score (nSPS) is 10.0. The third-order valence-corrected chi connectivity index (χ3v) is 2.54. The highest BCUT2D eigenvalue weighted by atomic mass is 16.4. The Hall–Kier alpha value is -2.62. The lowest BCUT2D eigenvalue weighted by Gasteiger charge is -2.06. The van der Waals surface area contributed by atoms with E-state index in [0.29, 0.717) is 5.56 Å². The minimum Gasteiger partial charge on any atom is -0.507 e. The Morgan fingerprint density at radius 1 is 0.889 bits per heavy atom. The van der Waals surface area contributed by atoms with Crippen molar-refractivity contribution < 1.29 is 19.8 Å². The molecule has 4 heteroatoms. The van der Waals surface area contributed by atoms with Gasteiger partial charge >= 0.3 is 5.97 Å². The summed E-state index contributed by atoms with van der Waals surface area (Å²) in [5.41, 5.74) is -0.00865. The van der Waals surface area contributed by atoms with Crippen molar-refractivity contribution in [1.82, 2.24) is 0 Å². The number of carbonyl (C=O) groups is 2. The van der Waals surface area contributed by atoms with E-state index in [-0.39, 0.29) is 11.1 Å². The van der Waals surface area contributed by atoms with Crippen molar-refractivity contribution in [3.63, 3.8) is 0 Å². The number of benzene rings is 2. The zero-order valence-corrected chi connectivity index (χ0v) is 9.33. The molecule has 0 bridgehead atoms. The average molecular weight is 242 g/mol. The molecule has 0 spiro atoms. The van der Waals surface area contributed by atoms with Gasteiger partial charge in [0.15, 0.2) is 5.78 Å². The molecular weight excluding hydrogens is 232 g/mol. The maximum absolute atomic E-state index is 12.1. The second-order valence-corrected chi connectivity index (χ2v) is 3.70. The van der Waals surface area contributed by atoms with Crippen LogP contribution in [0.2, 0.25) is 0 Å². The molecule has 2 aromatic rings. The molecule has 0 aliphatic heterocycles. The van der Waals surface area contributed by atoms with Gasteiger partial charge in [0.2, 0.25) is 0 Å². The van der Waals surface area contributed by atoms with Crippen LogP contribution in [0, 0.1) is 0 Å². The first kappa shape index (κ1) is 11.9. The maximum atomic E-state index is 12.1. The predicted octanol–water partition coefficient (Wildman–Crippen LogP) is 2.32. The van der Waals surface area contributed by atoms with E-state index in [1.54, 1.807) is 30.3 Å². The maximum Gasteiger partial charge on any atom is 0.340 e. The molecule has 0 aliphatic rings. The van der Waals surface area contributed by atoms with Crippen molar-refractivity contribution in [2.75, 3.05) is 0 Å². The number of carboxylic acids is 1. The Morgan fingerprint density at radius 2 is 1.56 bits per heavy atom. The van der Waals surface area contributed by atoms with Crippen LogP contribution in [0.25, 0.3) is 0 Å². The molecule has 0 heterocycles. The lowest BCUT2D eigenvalue weighted by molar-refractivity contribution is 0.0689. The average Bonchev–Trinajstić information content (AvgIpc) is 2.38. The fourth-order valence-electron chi connectivity index (χ4n) is 1.70. The highest BCUT2D eigenvalue weighted by Crippen LogP contribution is 2.23. The monoisotopic (exact) mass is 242 g/mol. The number of aromatic carboxylic acids is 1. The summed E-state index contributed by atoms with van der Waals surface area (Å²) in [6, 6.07) is 12.4. The molecular formula is C14H10O4. The molecule has 0 aromatic heterocycles. The molecule has 0 atom stereocenters. The predicted molar refractivity (Wildman–Crippen MR) is 64.9 cm³/mol. The third-order valence-electron chi connectivity index (χ3n) is 2.54.